The largest absolute Gasteiger partial charge is 0.392 e. The molecule has 0 aliphatic carbocycles. The number of aliphatic hydroxyl groups is 3. The first-order valence-electron chi connectivity index (χ1n) is 12.8. The fourth-order valence-electron chi connectivity index (χ4n) is 5.30. The van der Waals surface area contributed by atoms with Crippen molar-refractivity contribution in [2.45, 2.75) is 110 Å². The number of aromatic nitrogens is 1. The Morgan fingerprint density at radius 3 is 2.56 bits per heavy atom. The fraction of sp³-hybridized carbons (Fsp3) is 0.741. The van der Waals surface area contributed by atoms with Crippen LogP contribution in [0.15, 0.2) is 11.0 Å². The van der Waals surface area contributed by atoms with Crippen LogP contribution in [0.4, 0.5) is 0 Å². The quantitative estimate of drug-likeness (QED) is 0.449. The number of amides is 1. The van der Waals surface area contributed by atoms with Gasteiger partial charge in [-0.2, -0.15) is 0 Å². The zero-order valence-corrected chi connectivity index (χ0v) is 23.3. The molecule has 4 N–H and O–H groups in total. The minimum atomic E-state index is -1.25. The van der Waals surface area contributed by atoms with Crippen molar-refractivity contribution in [2.75, 3.05) is 0 Å². The van der Waals surface area contributed by atoms with E-state index >= 15 is 0 Å². The summed E-state index contributed by atoms with van der Waals surface area (Å²) in [5.74, 6) is -1.53. The van der Waals surface area contributed by atoms with E-state index in [9.17, 15) is 24.9 Å². The summed E-state index contributed by atoms with van der Waals surface area (Å²) in [5.41, 5.74) is -0.368. The highest BCUT2D eigenvalue weighted by molar-refractivity contribution is 7.09. The van der Waals surface area contributed by atoms with Crippen LogP contribution < -0.4 is 5.32 Å². The van der Waals surface area contributed by atoms with Crippen molar-refractivity contribution in [3.63, 3.8) is 0 Å². The number of carbonyl (C=O) groups is 2. The van der Waals surface area contributed by atoms with Gasteiger partial charge < -0.3 is 25.4 Å². The monoisotopic (exact) mass is 522 g/mol. The summed E-state index contributed by atoms with van der Waals surface area (Å²) >= 11 is 1.52. The second-order valence-electron chi connectivity index (χ2n) is 11.5. The molecule has 36 heavy (non-hydrogen) atoms. The van der Waals surface area contributed by atoms with E-state index in [0.29, 0.717) is 18.4 Å². The predicted octanol–water partition coefficient (Wildman–Crippen LogP) is 3.02. The van der Waals surface area contributed by atoms with Crippen molar-refractivity contribution >= 4 is 29.1 Å². The number of hydrogen-bond acceptors (Lipinski definition) is 8. The van der Waals surface area contributed by atoms with Gasteiger partial charge >= 0.3 is 0 Å². The summed E-state index contributed by atoms with van der Waals surface area (Å²) in [5, 5.41) is 38.7. The van der Waals surface area contributed by atoms with Crippen LogP contribution >= 0.6 is 11.3 Å². The predicted molar refractivity (Wildman–Crippen MR) is 139 cm³/mol. The average Bonchev–Trinajstić information content (AvgIpc) is 3.30. The Kier molecular flexibility index (Phi) is 8.83. The molecule has 8 atom stereocenters. The Morgan fingerprint density at radius 2 is 1.94 bits per heavy atom. The smallest absolute Gasteiger partial charge is 0.223 e. The van der Waals surface area contributed by atoms with Crippen molar-refractivity contribution in [3.8, 4) is 0 Å². The van der Waals surface area contributed by atoms with Gasteiger partial charge in [-0.25, -0.2) is 4.98 Å². The van der Waals surface area contributed by atoms with Crippen molar-refractivity contribution in [1.29, 1.82) is 0 Å². The van der Waals surface area contributed by atoms with Gasteiger partial charge in [-0.3, -0.25) is 9.59 Å². The van der Waals surface area contributed by atoms with Gasteiger partial charge in [0.05, 0.1) is 52.5 Å². The Hall–Kier alpha value is -1.65. The lowest BCUT2D eigenvalue weighted by molar-refractivity contribution is -0.143. The number of epoxide rings is 1. The minimum absolute atomic E-state index is 0.115. The molecule has 0 saturated carbocycles. The summed E-state index contributed by atoms with van der Waals surface area (Å²) in [6.07, 6.45) is 0.130. The van der Waals surface area contributed by atoms with E-state index in [1.165, 1.54) is 11.3 Å². The molecule has 2 aliphatic heterocycles. The molecule has 202 valence electrons. The van der Waals surface area contributed by atoms with E-state index in [1.54, 1.807) is 33.8 Å². The van der Waals surface area contributed by atoms with E-state index in [-0.39, 0.29) is 18.1 Å². The van der Waals surface area contributed by atoms with Crippen molar-refractivity contribution in [2.24, 2.45) is 17.3 Å². The number of ether oxygens (including phenoxy) is 1. The normalized spacial score (nSPS) is 37.3. The molecule has 8 unspecified atom stereocenters. The third-order valence-corrected chi connectivity index (χ3v) is 8.89. The zero-order valence-electron chi connectivity index (χ0n) is 22.4. The number of thiazole rings is 1. The minimum Gasteiger partial charge on any atom is -0.392 e. The third kappa shape index (κ3) is 6.25. The average molecular weight is 523 g/mol. The van der Waals surface area contributed by atoms with Gasteiger partial charge in [0.2, 0.25) is 5.91 Å². The molecule has 2 fully saturated rings. The number of nitrogens with zero attached hydrogens (tertiary/aromatic N) is 1. The molecule has 0 radical (unpaired) electrons. The van der Waals surface area contributed by atoms with Gasteiger partial charge in [0.25, 0.3) is 0 Å². The highest BCUT2D eigenvalue weighted by Crippen LogP contribution is 2.45. The van der Waals surface area contributed by atoms with Crippen LogP contribution in [0.3, 0.4) is 0 Å². The lowest BCUT2D eigenvalue weighted by Crippen LogP contribution is -2.51. The second kappa shape index (κ2) is 11.0. The number of aryl methyl sites for hydroxylation is 1. The molecule has 2 saturated heterocycles. The van der Waals surface area contributed by atoms with Gasteiger partial charge in [-0.1, -0.05) is 34.1 Å². The van der Waals surface area contributed by atoms with E-state index in [0.717, 1.165) is 17.1 Å². The van der Waals surface area contributed by atoms with Crippen LogP contribution in [0.2, 0.25) is 0 Å². The number of ketones is 1. The number of rotatable bonds is 3. The molecule has 0 bridgehead atoms. The highest BCUT2D eigenvalue weighted by atomic mass is 32.1. The molecule has 0 aromatic carbocycles. The van der Waals surface area contributed by atoms with Gasteiger partial charge in [0.1, 0.15) is 11.9 Å². The molecule has 1 aromatic heterocycles. The number of fused-ring (bicyclic) bond motifs is 1. The van der Waals surface area contributed by atoms with Crippen LogP contribution in [-0.2, 0) is 14.3 Å². The Balaban J connectivity index is 1.88. The summed E-state index contributed by atoms with van der Waals surface area (Å²) in [7, 11) is 0. The summed E-state index contributed by atoms with van der Waals surface area (Å²) in [6.45, 7) is 12.5. The van der Waals surface area contributed by atoms with Gasteiger partial charge in [0, 0.05) is 11.3 Å². The number of Topliss-reactive ketones (excluding diaryl/α,β-unsaturated/α-hetero) is 1. The maximum absolute atomic E-state index is 13.2. The van der Waals surface area contributed by atoms with Crippen LogP contribution in [0, 0.1) is 24.2 Å². The molecule has 9 heteroatoms. The number of carbonyl (C=O) groups excluding carboxylic acids is 2. The molecular weight excluding hydrogens is 480 g/mol. The molecular formula is C27H42N2O6S. The number of nitrogens with one attached hydrogen (secondary N) is 1. The van der Waals surface area contributed by atoms with E-state index in [2.05, 4.69) is 10.3 Å². The van der Waals surface area contributed by atoms with E-state index in [1.807, 2.05) is 26.2 Å². The van der Waals surface area contributed by atoms with Gasteiger partial charge in [0.15, 0.2) is 0 Å². The molecule has 8 nitrogen and oxygen atoms in total. The molecule has 3 heterocycles. The lowest BCUT2D eigenvalue weighted by Gasteiger charge is -2.34. The van der Waals surface area contributed by atoms with Crippen molar-refractivity contribution in [3.05, 3.63) is 21.7 Å². The van der Waals surface area contributed by atoms with Crippen LogP contribution in [0.5, 0.6) is 0 Å². The standard InChI is InChI=1S/C27H42N2O6S/c1-14-9-8-10-27(7)25(35-27)21(23(33)15(2)11-18-13-36-17(4)28-18)29-20(31)12-19(30)26(5,6)24(34)16(3)22(14)32/h11,13-14,16,19,21-23,25,30,32-33H,8-10,12H2,1-7H3,(H,29,31). The van der Waals surface area contributed by atoms with Crippen LogP contribution in [-0.4, -0.2) is 68.1 Å². The SMILES string of the molecule is CC(=Cc1csc(C)n1)C(O)C1NC(=O)CC(O)C(C)(C)C(=O)C(C)C(O)C(C)CCCC2(C)OC12. The Bertz CT molecular complexity index is 991. The number of aliphatic hydroxyl groups excluding tert-OH is 3. The molecule has 0 spiro atoms. The van der Waals surface area contributed by atoms with Crippen molar-refractivity contribution in [1.82, 2.24) is 10.3 Å². The second-order valence-corrected chi connectivity index (χ2v) is 12.6. The van der Waals surface area contributed by atoms with Crippen LogP contribution in [0.1, 0.15) is 77.9 Å². The van der Waals surface area contributed by atoms with Crippen LogP contribution in [0.25, 0.3) is 6.08 Å². The maximum Gasteiger partial charge on any atom is 0.223 e. The molecule has 1 aromatic rings. The Morgan fingerprint density at radius 1 is 1.28 bits per heavy atom. The molecule has 3 rings (SSSR count). The maximum atomic E-state index is 13.2. The topological polar surface area (TPSA) is 132 Å². The first kappa shape index (κ1) is 28.9. The Labute approximate surface area is 218 Å². The molecule has 1 amide bonds. The first-order chi connectivity index (χ1) is 16.7. The summed E-state index contributed by atoms with van der Waals surface area (Å²) in [6, 6.07) is -0.725. The number of hydrogen-bond donors (Lipinski definition) is 4. The van der Waals surface area contributed by atoms with Crippen molar-refractivity contribution < 1.29 is 29.6 Å². The summed E-state index contributed by atoms with van der Waals surface area (Å²) < 4.78 is 6.07. The van der Waals surface area contributed by atoms with Gasteiger partial charge in [-0.15, -0.1) is 11.3 Å². The highest BCUT2D eigenvalue weighted by Gasteiger charge is 2.58. The van der Waals surface area contributed by atoms with E-state index < -0.39 is 53.3 Å². The van der Waals surface area contributed by atoms with E-state index in [4.69, 9.17) is 4.74 Å². The fourth-order valence-corrected chi connectivity index (χ4v) is 5.87. The lowest BCUT2D eigenvalue weighted by atomic mass is 9.73. The first-order valence-corrected chi connectivity index (χ1v) is 13.7. The third-order valence-electron chi connectivity index (χ3n) is 8.10. The summed E-state index contributed by atoms with van der Waals surface area (Å²) in [4.78, 5) is 30.7. The zero-order chi connectivity index (χ0) is 27.0. The molecule has 2 aliphatic rings. The van der Waals surface area contributed by atoms with Gasteiger partial charge in [-0.05, 0) is 51.2 Å².